The number of aliphatic hydroxyl groups is 1. The summed E-state index contributed by atoms with van der Waals surface area (Å²) in [7, 11) is 0. The monoisotopic (exact) mass is 465 g/mol. The molecule has 1 atom stereocenters. The van der Waals surface area contributed by atoms with Gasteiger partial charge in [0.2, 0.25) is 5.60 Å². The number of anilines is 1. The van der Waals surface area contributed by atoms with Gasteiger partial charge >= 0.3 is 18.3 Å². The van der Waals surface area contributed by atoms with Crippen LogP contribution in [0.2, 0.25) is 0 Å². The Balaban J connectivity index is 2.12. The molecule has 0 aromatic heterocycles. The number of carbonyl (C=O) groups is 2. The first-order chi connectivity index (χ1) is 14.5. The molecule has 0 bridgehead atoms. The number of aryl methyl sites for hydroxylation is 1. The summed E-state index contributed by atoms with van der Waals surface area (Å²) in [5.74, 6) is -3.72. The topological polar surface area (TPSA) is 95.9 Å². The number of phenolic OH excluding ortho intramolecular Hbond substituents is 1. The van der Waals surface area contributed by atoms with E-state index >= 15 is 0 Å². The fourth-order valence-electron chi connectivity index (χ4n) is 2.50. The summed E-state index contributed by atoms with van der Waals surface area (Å²) < 4.78 is 81.6. The second kappa shape index (κ2) is 8.69. The summed E-state index contributed by atoms with van der Waals surface area (Å²) in [5.41, 5.74) is -5.12. The number of halogens is 6. The molecule has 12 heteroatoms. The van der Waals surface area contributed by atoms with E-state index in [1.807, 2.05) is 0 Å². The van der Waals surface area contributed by atoms with Crippen molar-refractivity contribution in [1.29, 1.82) is 0 Å². The summed E-state index contributed by atoms with van der Waals surface area (Å²) in [6.45, 7) is 1.12. The van der Waals surface area contributed by atoms with E-state index in [-0.39, 0.29) is 23.7 Å². The fourth-order valence-corrected chi connectivity index (χ4v) is 2.50. The molecule has 0 radical (unpaired) electrons. The molecule has 0 spiro atoms. The maximum atomic E-state index is 12.9. The van der Waals surface area contributed by atoms with E-state index in [2.05, 4.69) is 0 Å². The molecule has 174 valence electrons. The summed E-state index contributed by atoms with van der Waals surface area (Å²) in [4.78, 5) is 23.8. The Hall–Kier alpha value is -3.28. The second-order valence-electron chi connectivity index (χ2n) is 7.04. The smallest absolute Gasteiger partial charge is 0.426 e. The average molecular weight is 465 g/mol. The van der Waals surface area contributed by atoms with Gasteiger partial charge in [-0.25, -0.2) is 4.79 Å². The van der Waals surface area contributed by atoms with Crippen molar-refractivity contribution < 1.29 is 50.9 Å². The van der Waals surface area contributed by atoms with E-state index in [4.69, 9.17) is 4.74 Å². The Labute approximate surface area is 177 Å². The number of carbonyl (C=O) groups excluding carboxylic acids is 2. The van der Waals surface area contributed by atoms with Crippen LogP contribution in [0.15, 0.2) is 36.4 Å². The lowest BCUT2D eigenvalue weighted by atomic mass is 10.1. The normalized spacial score (nSPS) is 13.9. The molecule has 2 rings (SSSR count). The van der Waals surface area contributed by atoms with Gasteiger partial charge in [0.05, 0.1) is 5.56 Å². The molecule has 6 nitrogen and oxygen atoms in total. The third-order valence-corrected chi connectivity index (χ3v) is 4.30. The number of phenols is 1. The zero-order chi connectivity index (χ0) is 24.5. The number of hydrogen-bond donors (Lipinski definition) is 3. The summed E-state index contributed by atoms with van der Waals surface area (Å²) in [6, 6.07) is 5.72. The number of ether oxygens (including phenoxy) is 1. The third kappa shape index (κ3) is 5.69. The minimum Gasteiger partial charge on any atom is -0.507 e. The highest BCUT2D eigenvalue weighted by atomic mass is 19.4. The molecule has 2 aromatic rings. The molecule has 0 aliphatic heterocycles. The van der Waals surface area contributed by atoms with Crippen LogP contribution in [0.1, 0.15) is 34.0 Å². The lowest BCUT2D eigenvalue weighted by Crippen LogP contribution is -2.52. The molecule has 0 aliphatic carbocycles. The third-order valence-electron chi connectivity index (χ3n) is 4.30. The van der Waals surface area contributed by atoms with Gasteiger partial charge in [0.15, 0.2) is 0 Å². The molecule has 1 amide bonds. The molecule has 0 fully saturated rings. The van der Waals surface area contributed by atoms with Gasteiger partial charge in [-0.05, 0) is 43.7 Å². The first kappa shape index (κ1) is 25.0. The maximum absolute atomic E-state index is 12.9. The molecular weight excluding hydrogens is 448 g/mol. The number of alkyl halides is 6. The van der Waals surface area contributed by atoms with Gasteiger partial charge in [0, 0.05) is 11.8 Å². The van der Waals surface area contributed by atoms with Crippen LogP contribution in [0.4, 0.5) is 32.0 Å². The Morgan fingerprint density at radius 2 is 1.66 bits per heavy atom. The van der Waals surface area contributed by atoms with Crippen molar-refractivity contribution in [1.82, 2.24) is 0 Å². The van der Waals surface area contributed by atoms with Gasteiger partial charge in [-0.1, -0.05) is 11.6 Å². The Bertz CT molecular complexity index is 1030. The minimum absolute atomic E-state index is 0.0448. The number of benzene rings is 2. The van der Waals surface area contributed by atoms with Gasteiger partial charge in [-0.15, -0.1) is 0 Å². The fraction of sp³-hybridized carbons (Fsp3) is 0.300. The van der Waals surface area contributed by atoms with Gasteiger partial charge in [0.1, 0.15) is 17.9 Å². The number of nitrogens with one attached hydrogen (secondary N) is 1. The van der Waals surface area contributed by atoms with E-state index in [0.717, 1.165) is 30.3 Å². The van der Waals surface area contributed by atoms with E-state index in [1.54, 1.807) is 5.32 Å². The van der Waals surface area contributed by atoms with Crippen molar-refractivity contribution in [3.05, 3.63) is 58.7 Å². The molecule has 32 heavy (non-hydrogen) atoms. The Kier molecular flexibility index (Phi) is 6.79. The quantitative estimate of drug-likeness (QED) is 0.452. The van der Waals surface area contributed by atoms with Crippen LogP contribution in [0.5, 0.6) is 5.75 Å². The number of amides is 1. The van der Waals surface area contributed by atoms with Gasteiger partial charge in [0.25, 0.3) is 5.91 Å². The van der Waals surface area contributed by atoms with E-state index in [1.165, 1.54) is 13.0 Å². The van der Waals surface area contributed by atoms with E-state index in [0.29, 0.717) is 0 Å². The van der Waals surface area contributed by atoms with Crippen LogP contribution in [0, 0.1) is 6.92 Å². The predicted octanol–water partition coefficient (Wildman–Crippen LogP) is 4.33. The largest absolute Gasteiger partial charge is 0.507 e. The number of aromatic hydroxyl groups is 1. The zero-order valence-corrected chi connectivity index (χ0v) is 16.6. The van der Waals surface area contributed by atoms with Crippen molar-refractivity contribution in [3.63, 3.8) is 0 Å². The molecule has 3 N–H and O–H groups in total. The van der Waals surface area contributed by atoms with E-state index in [9.17, 15) is 46.1 Å². The van der Waals surface area contributed by atoms with Gasteiger partial charge in [-0.3, -0.25) is 4.79 Å². The zero-order valence-electron chi connectivity index (χ0n) is 16.6. The highest BCUT2D eigenvalue weighted by molar-refractivity contribution is 5.99. The lowest BCUT2D eigenvalue weighted by molar-refractivity contribution is -0.242. The molecule has 0 saturated carbocycles. The Morgan fingerprint density at radius 3 is 2.19 bits per heavy atom. The van der Waals surface area contributed by atoms with Gasteiger partial charge in [-0.2, -0.15) is 26.3 Å². The van der Waals surface area contributed by atoms with Crippen molar-refractivity contribution in [2.24, 2.45) is 0 Å². The summed E-state index contributed by atoms with van der Waals surface area (Å²) in [5, 5.41) is 21.0. The van der Waals surface area contributed by atoms with Crippen LogP contribution >= 0.6 is 0 Å². The SMILES string of the molecule is Cc1cc(COC(=O)c2ccc(NC(=O)C(C)(O)C(F)(F)F)cc2O)cc(C(F)(F)F)c1. The second-order valence-corrected chi connectivity index (χ2v) is 7.04. The Morgan fingerprint density at radius 1 is 1.03 bits per heavy atom. The van der Waals surface area contributed by atoms with Crippen LogP contribution < -0.4 is 5.32 Å². The maximum Gasteiger partial charge on any atom is 0.426 e. The molecule has 0 heterocycles. The minimum atomic E-state index is -5.26. The summed E-state index contributed by atoms with van der Waals surface area (Å²) >= 11 is 0. The average Bonchev–Trinajstić information content (AvgIpc) is 2.64. The van der Waals surface area contributed by atoms with Crippen LogP contribution in [-0.4, -0.2) is 33.9 Å². The predicted molar refractivity (Wildman–Crippen MR) is 98.7 cm³/mol. The number of hydrogen-bond acceptors (Lipinski definition) is 5. The molecule has 0 saturated heterocycles. The number of esters is 1. The first-order valence-electron chi connectivity index (χ1n) is 8.81. The van der Waals surface area contributed by atoms with Crippen molar-refractivity contribution in [2.75, 3.05) is 5.32 Å². The van der Waals surface area contributed by atoms with Crippen molar-refractivity contribution in [3.8, 4) is 5.75 Å². The van der Waals surface area contributed by atoms with Crippen LogP contribution in [0.25, 0.3) is 0 Å². The first-order valence-corrected chi connectivity index (χ1v) is 8.81. The summed E-state index contributed by atoms with van der Waals surface area (Å²) in [6.07, 6.45) is -9.86. The standard InChI is InChI=1S/C20H17F6NO5/c1-10-5-11(7-12(6-10)19(21,22)23)9-32-16(29)14-4-3-13(8-15(14)28)27-17(30)18(2,31)20(24,25)26/h3-8,28,31H,9H2,1-2H3,(H,27,30). The van der Waals surface area contributed by atoms with Crippen molar-refractivity contribution >= 4 is 17.6 Å². The molecule has 1 unspecified atom stereocenters. The van der Waals surface area contributed by atoms with Crippen LogP contribution in [-0.2, 0) is 22.3 Å². The van der Waals surface area contributed by atoms with Gasteiger partial charge < -0.3 is 20.3 Å². The molecule has 0 aliphatic rings. The highest BCUT2D eigenvalue weighted by Crippen LogP contribution is 2.32. The van der Waals surface area contributed by atoms with Crippen LogP contribution in [0.3, 0.4) is 0 Å². The van der Waals surface area contributed by atoms with Crippen molar-refractivity contribution in [2.45, 2.75) is 38.4 Å². The lowest BCUT2D eigenvalue weighted by Gasteiger charge is -2.24. The van der Waals surface area contributed by atoms with E-state index < -0.39 is 53.3 Å². The number of rotatable bonds is 5. The molecule has 2 aromatic carbocycles. The molecular formula is C20H17F6NO5. The highest BCUT2D eigenvalue weighted by Gasteiger charge is 2.55.